The maximum Gasteiger partial charge on any atom is 0.122 e. The van der Waals surface area contributed by atoms with Crippen LogP contribution in [0, 0.1) is 11.8 Å². The van der Waals surface area contributed by atoms with Crippen LogP contribution in [0.1, 0.15) is 34.1 Å². The van der Waals surface area contributed by atoms with Gasteiger partial charge in [-0.15, -0.1) is 0 Å². The molecule has 0 amide bonds. The fourth-order valence-electron chi connectivity index (χ4n) is 1.07. The van der Waals surface area contributed by atoms with Crippen LogP contribution in [0.4, 0.5) is 0 Å². The predicted octanol–water partition coefficient (Wildman–Crippen LogP) is 0.853. The molecule has 1 atom stereocenters. The molecule has 15 heavy (non-hydrogen) atoms. The van der Waals surface area contributed by atoms with E-state index < -0.39 is 5.60 Å². The summed E-state index contributed by atoms with van der Waals surface area (Å²) in [4.78, 5) is 2.07. The Morgan fingerprint density at radius 1 is 1.40 bits per heavy atom. The number of hydrogen-bond acceptors (Lipinski definition) is 3. The van der Waals surface area contributed by atoms with Crippen LogP contribution in [0.5, 0.6) is 0 Å². The molecule has 0 spiro atoms. The monoisotopic (exact) mass is 213 g/mol. The van der Waals surface area contributed by atoms with Crippen LogP contribution in [0.2, 0.25) is 0 Å². The summed E-state index contributed by atoms with van der Waals surface area (Å²) in [5.41, 5.74) is -0.887. The van der Waals surface area contributed by atoms with Gasteiger partial charge in [-0.1, -0.05) is 18.8 Å². The lowest BCUT2D eigenvalue weighted by Gasteiger charge is -2.23. The van der Waals surface area contributed by atoms with Gasteiger partial charge in [-0.3, -0.25) is 4.90 Å². The van der Waals surface area contributed by atoms with Crippen LogP contribution in [0.15, 0.2) is 0 Å². The maximum absolute atomic E-state index is 9.66. The molecule has 88 valence electrons. The summed E-state index contributed by atoms with van der Waals surface area (Å²) in [7, 11) is 0. The largest absolute Gasteiger partial charge is 0.395 e. The Kier molecular flexibility index (Phi) is 6.58. The highest BCUT2D eigenvalue weighted by Gasteiger charge is 2.12. The van der Waals surface area contributed by atoms with Crippen molar-refractivity contribution in [3.05, 3.63) is 0 Å². The molecule has 0 aromatic carbocycles. The van der Waals surface area contributed by atoms with E-state index in [1.807, 2.05) is 6.92 Å². The number of hydrogen-bond donors (Lipinski definition) is 2. The first-order valence-corrected chi connectivity index (χ1v) is 5.50. The van der Waals surface area contributed by atoms with E-state index in [-0.39, 0.29) is 6.61 Å². The molecule has 0 aromatic rings. The topological polar surface area (TPSA) is 43.7 Å². The average molecular weight is 213 g/mol. The van der Waals surface area contributed by atoms with Gasteiger partial charge in [-0.25, -0.2) is 0 Å². The van der Waals surface area contributed by atoms with Crippen molar-refractivity contribution < 1.29 is 10.2 Å². The van der Waals surface area contributed by atoms with E-state index in [2.05, 4.69) is 30.6 Å². The summed E-state index contributed by atoms with van der Waals surface area (Å²) >= 11 is 0. The summed E-state index contributed by atoms with van der Waals surface area (Å²) in [6.45, 7) is 9.11. The van der Waals surface area contributed by atoms with Crippen LogP contribution in [0.3, 0.4) is 0 Å². The lowest BCUT2D eigenvalue weighted by atomic mass is 10.1. The maximum atomic E-state index is 9.66. The van der Waals surface area contributed by atoms with E-state index in [1.54, 1.807) is 6.92 Å². The van der Waals surface area contributed by atoms with Crippen molar-refractivity contribution in [1.29, 1.82) is 0 Å². The van der Waals surface area contributed by atoms with E-state index in [0.717, 1.165) is 0 Å². The minimum Gasteiger partial charge on any atom is -0.395 e. The SMILES string of the molecule is CCC(C)(O)C#CCN(CCO)C(C)C. The standard InChI is InChI=1S/C12H23NO2/c1-5-12(4,15)7-6-8-13(9-10-14)11(2)3/h11,14-15H,5,8-10H2,1-4H3. The number of nitrogens with zero attached hydrogens (tertiary/aromatic N) is 1. The minimum absolute atomic E-state index is 0.143. The van der Waals surface area contributed by atoms with Gasteiger partial charge in [-0.05, 0) is 27.2 Å². The number of aliphatic hydroxyl groups excluding tert-OH is 1. The number of aliphatic hydroxyl groups is 2. The van der Waals surface area contributed by atoms with Crippen molar-refractivity contribution in [3.8, 4) is 11.8 Å². The van der Waals surface area contributed by atoms with Gasteiger partial charge >= 0.3 is 0 Å². The first kappa shape index (κ1) is 14.4. The molecule has 0 aliphatic carbocycles. The van der Waals surface area contributed by atoms with Crippen molar-refractivity contribution >= 4 is 0 Å². The highest BCUT2D eigenvalue weighted by atomic mass is 16.3. The molecule has 3 nitrogen and oxygen atoms in total. The third-order valence-electron chi connectivity index (χ3n) is 2.45. The van der Waals surface area contributed by atoms with Crippen LogP contribution < -0.4 is 0 Å². The van der Waals surface area contributed by atoms with Crippen LogP contribution in [-0.4, -0.2) is 46.5 Å². The molecule has 0 radical (unpaired) electrons. The average Bonchev–Trinajstić information content (AvgIpc) is 2.16. The Hall–Kier alpha value is -0.560. The molecule has 0 heterocycles. The van der Waals surface area contributed by atoms with Gasteiger partial charge in [0.25, 0.3) is 0 Å². The summed E-state index contributed by atoms with van der Waals surface area (Å²) in [5, 5.41) is 18.5. The molecular weight excluding hydrogens is 190 g/mol. The molecule has 3 heteroatoms. The lowest BCUT2D eigenvalue weighted by Crippen LogP contribution is -2.34. The molecule has 0 aliphatic rings. The Morgan fingerprint density at radius 3 is 2.40 bits per heavy atom. The first-order valence-electron chi connectivity index (χ1n) is 5.50. The normalized spacial score (nSPS) is 14.9. The molecule has 0 saturated carbocycles. The molecule has 0 rings (SSSR count). The molecule has 0 bridgehead atoms. The molecule has 2 N–H and O–H groups in total. The Balaban J connectivity index is 4.20. The lowest BCUT2D eigenvalue weighted by molar-refractivity contribution is 0.117. The number of rotatable bonds is 5. The van der Waals surface area contributed by atoms with Gasteiger partial charge in [0.05, 0.1) is 13.2 Å². The zero-order valence-electron chi connectivity index (χ0n) is 10.2. The Morgan fingerprint density at radius 2 is 2.00 bits per heavy atom. The Labute approximate surface area is 93.1 Å². The minimum atomic E-state index is -0.887. The second-order valence-electron chi connectivity index (χ2n) is 4.22. The molecule has 1 unspecified atom stereocenters. The van der Waals surface area contributed by atoms with Crippen LogP contribution >= 0.6 is 0 Å². The summed E-state index contributed by atoms with van der Waals surface area (Å²) in [5.74, 6) is 5.79. The molecule has 0 fully saturated rings. The quantitative estimate of drug-likeness (QED) is 0.666. The zero-order valence-corrected chi connectivity index (χ0v) is 10.2. The second-order valence-corrected chi connectivity index (χ2v) is 4.22. The molecule has 0 aliphatic heterocycles. The van der Waals surface area contributed by atoms with Crippen molar-refractivity contribution in [2.75, 3.05) is 19.7 Å². The van der Waals surface area contributed by atoms with E-state index in [4.69, 9.17) is 5.11 Å². The van der Waals surface area contributed by atoms with Crippen molar-refractivity contribution in [3.63, 3.8) is 0 Å². The second kappa shape index (κ2) is 6.84. The van der Waals surface area contributed by atoms with Crippen LogP contribution in [0.25, 0.3) is 0 Å². The first-order chi connectivity index (χ1) is 6.93. The van der Waals surface area contributed by atoms with Crippen molar-refractivity contribution in [2.24, 2.45) is 0 Å². The Bertz CT molecular complexity index is 226. The van der Waals surface area contributed by atoms with Gasteiger partial charge in [0.15, 0.2) is 0 Å². The van der Waals surface area contributed by atoms with Gasteiger partial charge in [-0.2, -0.15) is 0 Å². The summed E-state index contributed by atoms with van der Waals surface area (Å²) < 4.78 is 0. The summed E-state index contributed by atoms with van der Waals surface area (Å²) in [6, 6.07) is 0.359. The predicted molar refractivity (Wildman–Crippen MR) is 62.5 cm³/mol. The van der Waals surface area contributed by atoms with Gasteiger partial charge in [0.2, 0.25) is 0 Å². The van der Waals surface area contributed by atoms with Gasteiger partial charge < -0.3 is 10.2 Å². The van der Waals surface area contributed by atoms with E-state index in [0.29, 0.717) is 25.6 Å². The van der Waals surface area contributed by atoms with Gasteiger partial charge in [0, 0.05) is 12.6 Å². The van der Waals surface area contributed by atoms with E-state index in [9.17, 15) is 5.11 Å². The molecule has 0 saturated heterocycles. The van der Waals surface area contributed by atoms with Crippen LogP contribution in [-0.2, 0) is 0 Å². The molecule has 0 aromatic heterocycles. The smallest absolute Gasteiger partial charge is 0.122 e. The van der Waals surface area contributed by atoms with E-state index in [1.165, 1.54) is 0 Å². The zero-order chi connectivity index (χ0) is 11.9. The van der Waals surface area contributed by atoms with E-state index >= 15 is 0 Å². The summed E-state index contributed by atoms with van der Waals surface area (Å²) in [6.07, 6.45) is 0.627. The molecular formula is C12H23NO2. The highest BCUT2D eigenvalue weighted by Crippen LogP contribution is 2.05. The van der Waals surface area contributed by atoms with Gasteiger partial charge in [0.1, 0.15) is 5.60 Å². The third kappa shape index (κ3) is 6.51. The fraction of sp³-hybridized carbons (Fsp3) is 0.833. The van der Waals surface area contributed by atoms with Crippen molar-refractivity contribution in [2.45, 2.75) is 45.8 Å². The van der Waals surface area contributed by atoms with Crippen molar-refractivity contribution in [1.82, 2.24) is 4.90 Å². The third-order valence-corrected chi connectivity index (χ3v) is 2.45. The fourth-order valence-corrected chi connectivity index (χ4v) is 1.07. The highest BCUT2D eigenvalue weighted by molar-refractivity contribution is 5.12.